The van der Waals surface area contributed by atoms with Gasteiger partial charge in [0.2, 0.25) is 0 Å². The summed E-state index contributed by atoms with van der Waals surface area (Å²) in [6, 6.07) is 1.76. The van der Waals surface area contributed by atoms with Gasteiger partial charge in [-0.2, -0.15) is 0 Å². The number of amides is 1. The SMILES string of the molecule is CCOCCNC(=O)c1csc(C#CCCO)c1. The van der Waals surface area contributed by atoms with Crippen molar-refractivity contribution in [1.82, 2.24) is 5.32 Å². The molecule has 0 atom stereocenters. The summed E-state index contributed by atoms with van der Waals surface area (Å²) in [6.07, 6.45) is 0.452. The van der Waals surface area contributed by atoms with Crippen molar-refractivity contribution < 1.29 is 14.6 Å². The Morgan fingerprint density at radius 1 is 1.61 bits per heavy atom. The second-order valence-electron chi connectivity index (χ2n) is 3.43. The van der Waals surface area contributed by atoms with E-state index >= 15 is 0 Å². The zero-order valence-corrected chi connectivity index (χ0v) is 11.2. The fourth-order valence-electron chi connectivity index (χ4n) is 1.21. The molecule has 0 aliphatic carbocycles. The lowest BCUT2D eigenvalue weighted by atomic mass is 10.3. The molecule has 98 valence electrons. The first kappa shape index (κ1) is 14.7. The maximum atomic E-state index is 11.7. The second kappa shape index (κ2) is 8.70. The summed E-state index contributed by atoms with van der Waals surface area (Å²) in [5.41, 5.74) is 0.616. The number of rotatable bonds is 6. The van der Waals surface area contributed by atoms with Gasteiger partial charge in [-0.15, -0.1) is 11.3 Å². The molecular weight excluding hydrogens is 250 g/mol. The van der Waals surface area contributed by atoms with Crippen LogP contribution in [0.4, 0.5) is 0 Å². The van der Waals surface area contributed by atoms with Gasteiger partial charge in [-0.3, -0.25) is 4.79 Å². The predicted octanol–water partition coefficient (Wildman–Crippen LogP) is 1.25. The van der Waals surface area contributed by atoms with Crippen LogP contribution in [0.5, 0.6) is 0 Å². The molecule has 0 unspecified atom stereocenters. The molecule has 1 aromatic heterocycles. The summed E-state index contributed by atoms with van der Waals surface area (Å²) in [5, 5.41) is 13.1. The van der Waals surface area contributed by atoms with Gasteiger partial charge in [0, 0.05) is 25.0 Å². The fourth-order valence-corrected chi connectivity index (χ4v) is 1.96. The highest BCUT2D eigenvalue weighted by molar-refractivity contribution is 7.10. The zero-order chi connectivity index (χ0) is 13.2. The number of hydrogen-bond donors (Lipinski definition) is 2. The van der Waals surface area contributed by atoms with Crippen LogP contribution in [0.15, 0.2) is 11.4 Å². The molecule has 1 rings (SSSR count). The summed E-state index contributed by atoms with van der Waals surface area (Å²) in [6.45, 7) is 3.66. The van der Waals surface area contributed by atoms with Crippen LogP contribution in [0.25, 0.3) is 0 Å². The minimum absolute atomic E-state index is 0.0587. The number of carbonyl (C=O) groups excluding carboxylic acids is 1. The van der Waals surface area contributed by atoms with Crippen LogP contribution in [0.3, 0.4) is 0 Å². The first-order chi connectivity index (χ1) is 8.77. The molecule has 0 bridgehead atoms. The topological polar surface area (TPSA) is 58.6 Å². The van der Waals surface area contributed by atoms with Crippen molar-refractivity contribution in [2.24, 2.45) is 0 Å². The Hall–Kier alpha value is -1.35. The molecule has 18 heavy (non-hydrogen) atoms. The number of thiophene rings is 1. The Morgan fingerprint density at radius 2 is 2.44 bits per heavy atom. The van der Waals surface area contributed by atoms with Gasteiger partial charge in [0.15, 0.2) is 0 Å². The minimum Gasteiger partial charge on any atom is -0.395 e. The zero-order valence-electron chi connectivity index (χ0n) is 10.4. The van der Waals surface area contributed by atoms with Crippen molar-refractivity contribution in [3.8, 4) is 11.8 Å². The lowest BCUT2D eigenvalue weighted by Gasteiger charge is -2.03. The standard InChI is InChI=1S/C13H17NO3S/c1-2-17-8-6-14-13(16)11-9-12(18-10-11)5-3-4-7-15/h9-10,15H,2,4,6-8H2,1H3,(H,14,16). The first-order valence-electron chi connectivity index (χ1n) is 5.82. The van der Waals surface area contributed by atoms with Gasteiger partial charge in [0.25, 0.3) is 5.91 Å². The number of nitrogens with one attached hydrogen (secondary N) is 1. The number of hydrogen-bond acceptors (Lipinski definition) is 4. The van der Waals surface area contributed by atoms with Crippen molar-refractivity contribution in [3.05, 3.63) is 21.9 Å². The van der Waals surface area contributed by atoms with Gasteiger partial charge in [-0.05, 0) is 13.0 Å². The number of aliphatic hydroxyl groups excluding tert-OH is 1. The van der Waals surface area contributed by atoms with Crippen LogP contribution in [0, 0.1) is 11.8 Å². The van der Waals surface area contributed by atoms with Crippen LogP contribution in [-0.4, -0.2) is 37.4 Å². The summed E-state index contributed by atoms with van der Waals surface area (Å²) >= 11 is 1.42. The van der Waals surface area contributed by atoms with E-state index in [4.69, 9.17) is 9.84 Å². The maximum Gasteiger partial charge on any atom is 0.252 e. The molecule has 0 fully saturated rings. The maximum absolute atomic E-state index is 11.7. The highest BCUT2D eigenvalue weighted by Crippen LogP contribution is 2.13. The van der Waals surface area contributed by atoms with Gasteiger partial charge in [0.1, 0.15) is 0 Å². The molecule has 0 saturated heterocycles. The summed E-state index contributed by atoms with van der Waals surface area (Å²) in [4.78, 5) is 12.5. The molecule has 0 aliphatic rings. The van der Waals surface area contributed by atoms with Gasteiger partial charge in [-0.1, -0.05) is 11.8 Å². The van der Waals surface area contributed by atoms with E-state index in [1.807, 2.05) is 6.92 Å². The van der Waals surface area contributed by atoms with E-state index in [0.29, 0.717) is 31.7 Å². The molecule has 0 aliphatic heterocycles. The molecule has 0 saturated carbocycles. The average Bonchev–Trinajstić information content (AvgIpc) is 2.84. The minimum atomic E-state index is -0.110. The van der Waals surface area contributed by atoms with Crippen molar-refractivity contribution in [3.63, 3.8) is 0 Å². The first-order valence-corrected chi connectivity index (χ1v) is 6.70. The van der Waals surface area contributed by atoms with Crippen molar-refractivity contribution in [1.29, 1.82) is 0 Å². The van der Waals surface area contributed by atoms with Crippen LogP contribution >= 0.6 is 11.3 Å². The molecule has 1 heterocycles. The third-order valence-electron chi connectivity index (χ3n) is 2.05. The Labute approximate surface area is 111 Å². The Balaban J connectivity index is 2.42. The fraction of sp³-hybridized carbons (Fsp3) is 0.462. The third-order valence-corrected chi connectivity index (χ3v) is 2.89. The predicted molar refractivity (Wildman–Crippen MR) is 71.7 cm³/mol. The Bertz CT molecular complexity index is 431. The number of ether oxygens (including phenoxy) is 1. The van der Waals surface area contributed by atoms with Gasteiger partial charge < -0.3 is 15.2 Å². The van der Waals surface area contributed by atoms with Crippen molar-refractivity contribution >= 4 is 17.2 Å². The summed E-state index contributed by atoms with van der Waals surface area (Å²) in [7, 11) is 0. The van der Waals surface area contributed by atoms with E-state index in [2.05, 4.69) is 17.2 Å². The summed E-state index contributed by atoms with van der Waals surface area (Å²) in [5.74, 6) is 5.61. The third kappa shape index (κ3) is 5.32. The highest BCUT2D eigenvalue weighted by Gasteiger charge is 2.06. The van der Waals surface area contributed by atoms with Crippen LogP contribution in [-0.2, 0) is 4.74 Å². The van der Waals surface area contributed by atoms with Crippen molar-refractivity contribution in [2.75, 3.05) is 26.4 Å². The molecule has 0 spiro atoms. The van der Waals surface area contributed by atoms with E-state index < -0.39 is 0 Å². The van der Waals surface area contributed by atoms with Gasteiger partial charge >= 0.3 is 0 Å². The molecule has 4 nitrogen and oxygen atoms in total. The number of aliphatic hydroxyl groups is 1. The van der Waals surface area contributed by atoms with E-state index in [-0.39, 0.29) is 12.5 Å². The van der Waals surface area contributed by atoms with Crippen LogP contribution in [0.1, 0.15) is 28.6 Å². The smallest absolute Gasteiger partial charge is 0.252 e. The molecule has 1 aromatic rings. The molecule has 0 aromatic carbocycles. The Kier molecular flexibility index (Phi) is 7.11. The largest absolute Gasteiger partial charge is 0.395 e. The molecule has 0 radical (unpaired) electrons. The summed E-state index contributed by atoms with van der Waals surface area (Å²) < 4.78 is 5.13. The van der Waals surface area contributed by atoms with E-state index in [1.165, 1.54) is 11.3 Å². The second-order valence-corrected chi connectivity index (χ2v) is 4.34. The van der Waals surface area contributed by atoms with Crippen LogP contribution < -0.4 is 5.32 Å². The van der Waals surface area contributed by atoms with E-state index in [9.17, 15) is 4.79 Å². The van der Waals surface area contributed by atoms with Gasteiger partial charge in [-0.25, -0.2) is 0 Å². The van der Waals surface area contributed by atoms with Crippen molar-refractivity contribution in [2.45, 2.75) is 13.3 Å². The molecular formula is C13H17NO3S. The highest BCUT2D eigenvalue weighted by atomic mass is 32.1. The molecule has 1 amide bonds. The van der Waals surface area contributed by atoms with E-state index in [1.54, 1.807) is 11.4 Å². The van der Waals surface area contributed by atoms with Crippen LogP contribution in [0.2, 0.25) is 0 Å². The average molecular weight is 267 g/mol. The molecule has 5 heteroatoms. The normalized spacial score (nSPS) is 9.67. The lowest BCUT2D eigenvalue weighted by Crippen LogP contribution is -2.26. The molecule has 2 N–H and O–H groups in total. The number of carbonyl (C=O) groups is 1. The van der Waals surface area contributed by atoms with Gasteiger partial charge in [0.05, 0.1) is 23.7 Å². The monoisotopic (exact) mass is 267 g/mol. The van der Waals surface area contributed by atoms with E-state index in [0.717, 1.165) is 4.88 Å². The quantitative estimate of drug-likeness (QED) is 0.602. The Morgan fingerprint density at radius 3 is 3.17 bits per heavy atom. The lowest BCUT2D eigenvalue weighted by molar-refractivity contribution is 0.0923.